The first kappa shape index (κ1) is 22.8. The molecule has 0 radical (unpaired) electrons. The van der Waals surface area contributed by atoms with Crippen LogP contribution in [0.4, 0.5) is 5.69 Å². The number of aliphatic hydroxyl groups is 2. The number of ether oxygens (including phenoxy) is 1. The highest BCUT2D eigenvalue weighted by Crippen LogP contribution is 2.26. The van der Waals surface area contributed by atoms with Gasteiger partial charge in [0.15, 0.2) is 0 Å². The second-order valence-corrected chi connectivity index (χ2v) is 7.51. The second kappa shape index (κ2) is 9.80. The summed E-state index contributed by atoms with van der Waals surface area (Å²) < 4.78 is 37.7. The number of nitrogens with zero attached hydrogens (tertiary/aromatic N) is 1. The van der Waals surface area contributed by atoms with E-state index in [2.05, 4.69) is 15.4 Å². The average molecular weight is 429 g/mol. The SMILES string of the molecule is COC(=O)C1=C(Nc2ccc(CNCCO)c(S(=O)(=O)O)c2)C(=O)N(CCO)C1. The molecule has 0 saturated carbocycles. The molecule has 1 amide bonds. The largest absolute Gasteiger partial charge is 0.466 e. The fourth-order valence-electron chi connectivity index (χ4n) is 2.81. The number of carbonyl (C=O) groups excluding carboxylic acids is 2. The Morgan fingerprint density at radius 1 is 1.28 bits per heavy atom. The number of methoxy groups -OCH3 is 1. The van der Waals surface area contributed by atoms with E-state index < -0.39 is 22.0 Å². The van der Waals surface area contributed by atoms with E-state index in [0.717, 1.165) is 13.2 Å². The second-order valence-electron chi connectivity index (χ2n) is 6.12. The van der Waals surface area contributed by atoms with Gasteiger partial charge >= 0.3 is 5.97 Å². The Bertz CT molecular complexity index is 913. The van der Waals surface area contributed by atoms with Gasteiger partial charge in [-0.05, 0) is 17.7 Å². The lowest BCUT2D eigenvalue weighted by atomic mass is 10.2. The number of esters is 1. The van der Waals surface area contributed by atoms with E-state index in [-0.39, 0.29) is 66.8 Å². The maximum absolute atomic E-state index is 12.5. The molecule has 0 aromatic heterocycles. The van der Waals surface area contributed by atoms with Crippen molar-refractivity contribution < 1.29 is 37.5 Å². The molecule has 11 nitrogen and oxygen atoms in total. The van der Waals surface area contributed by atoms with Crippen molar-refractivity contribution in [2.75, 3.05) is 45.3 Å². The standard InChI is InChI=1S/C17H23N3O8S/c1-28-17(24)13-10-20(5-7-22)16(23)15(13)19-12-3-2-11(9-18-4-6-21)14(8-12)29(25,26)27/h2-3,8,18-19,21-22H,4-7,9-10H2,1H3,(H,25,26,27). The molecule has 1 aliphatic heterocycles. The first-order valence-corrected chi connectivity index (χ1v) is 10.1. The van der Waals surface area contributed by atoms with E-state index >= 15 is 0 Å². The van der Waals surface area contributed by atoms with E-state index in [4.69, 9.17) is 10.2 Å². The number of carbonyl (C=O) groups is 2. The number of nitrogens with one attached hydrogen (secondary N) is 2. The van der Waals surface area contributed by atoms with Gasteiger partial charge in [-0.3, -0.25) is 9.35 Å². The van der Waals surface area contributed by atoms with Crippen LogP contribution in [0.5, 0.6) is 0 Å². The Hall–Kier alpha value is -2.51. The molecule has 0 aliphatic carbocycles. The quantitative estimate of drug-likeness (QED) is 0.171. The van der Waals surface area contributed by atoms with Gasteiger partial charge in [-0.1, -0.05) is 6.07 Å². The minimum Gasteiger partial charge on any atom is -0.466 e. The lowest BCUT2D eigenvalue weighted by molar-refractivity contribution is -0.136. The smallest absolute Gasteiger partial charge is 0.337 e. The Morgan fingerprint density at radius 3 is 2.59 bits per heavy atom. The Labute approximate surface area is 167 Å². The number of rotatable bonds is 10. The van der Waals surface area contributed by atoms with Gasteiger partial charge in [0.25, 0.3) is 16.0 Å². The summed E-state index contributed by atoms with van der Waals surface area (Å²) >= 11 is 0. The molecule has 1 aromatic carbocycles. The first-order valence-electron chi connectivity index (χ1n) is 8.63. The molecule has 0 atom stereocenters. The molecule has 1 heterocycles. The third kappa shape index (κ3) is 5.52. The van der Waals surface area contributed by atoms with Crippen LogP contribution in [0.2, 0.25) is 0 Å². The van der Waals surface area contributed by atoms with E-state index in [1.165, 1.54) is 17.0 Å². The molecule has 2 rings (SSSR count). The number of hydrogen-bond donors (Lipinski definition) is 5. The molecular formula is C17H23N3O8S. The van der Waals surface area contributed by atoms with Crippen LogP contribution in [-0.2, 0) is 31.0 Å². The number of anilines is 1. The zero-order chi connectivity index (χ0) is 21.6. The van der Waals surface area contributed by atoms with Crippen LogP contribution in [0.1, 0.15) is 5.56 Å². The summed E-state index contributed by atoms with van der Waals surface area (Å²) in [5, 5.41) is 23.4. The van der Waals surface area contributed by atoms with Gasteiger partial charge in [-0.15, -0.1) is 0 Å². The number of amides is 1. The monoisotopic (exact) mass is 429 g/mol. The van der Waals surface area contributed by atoms with Crippen LogP contribution in [0.3, 0.4) is 0 Å². The van der Waals surface area contributed by atoms with Crippen molar-refractivity contribution in [3.8, 4) is 0 Å². The van der Waals surface area contributed by atoms with Crippen LogP contribution in [0.25, 0.3) is 0 Å². The molecule has 0 saturated heterocycles. The zero-order valence-electron chi connectivity index (χ0n) is 15.7. The summed E-state index contributed by atoms with van der Waals surface area (Å²) in [4.78, 5) is 25.4. The number of benzene rings is 1. The predicted octanol–water partition coefficient (Wildman–Crippen LogP) is -1.31. The normalized spacial score (nSPS) is 14.5. The summed E-state index contributed by atoms with van der Waals surface area (Å²) in [5.74, 6) is -1.29. The van der Waals surface area contributed by atoms with Crippen molar-refractivity contribution in [2.24, 2.45) is 0 Å². The van der Waals surface area contributed by atoms with E-state index in [0.29, 0.717) is 0 Å². The van der Waals surface area contributed by atoms with Crippen molar-refractivity contribution in [3.63, 3.8) is 0 Å². The molecule has 0 fully saturated rings. The number of hydrogen-bond acceptors (Lipinski definition) is 9. The summed E-state index contributed by atoms with van der Waals surface area (Å²) in [6, 6.07) is 4.04. The fraction of sp³-hybridized carbons (Fsp3) is 0.412. The van der Waals surface area contributed by atoms with Gasteiger partial charge in [-0.2, -0.15) is 8.42 Å². The zero-order valence-corrected chi connectivity index (χ0v) is 16.5. The average Bonchev–Trinajstić information content (AvgIpc) is 2.98. The van der Waals surface area contributed by atoms with Crippen molar-refractivity contribution in [1.29, 1.82) is 0 Å². The molecule has 12 heteroatoms. The number of aliphatic hydroxyl groups excluding tert-OH is 2. The van der Waals surface area contributed by atoms with Crippen LogP contribution in [0.15, 0.2) is 34.4 Å². The van der Waals surface area contributed by atoms with Crippen molar-refractivity contribution in [3.05, 3.63) is 35.0 Å². The third-order valence-electron chi connectivity index (χ3n) is 4.17. The van der Waals surface area contributed by atoms with Gasteiger partial charge in [0.1, 0.15) is 10.6 Å². The highest BCUT2D eigenvalue weighted by atomic mass is 32.2. The maximum atomic E-state index is 12.5. The molecule has 160 valence electrons. The molecule has 0 spiro atoms. The van der Waals surface area contributed by atoms with E-state index in [1.807, 2.05) is 0 Å². The molecule has 1 aliphatic rings. The lowest BCUT2D eigenvalue weighted by Crippen LogP contribution is -2.31. The molecule has 5 N–H and O–H groups in total. The molecule has 29 heavy (non-hydrogen) atoms. The summed E-state index contributed by atoms with van der Waals surface area (Å²) in [6.07, 6.45) is 0. The minimum atomic E-state index is -4.57. The topological polar surface area (TPSA) is 166 Å². The Kier molecular flexibility index (Phi) is 7.70. The molecule has 1 aromatic rings. The van der Waals surface area contributed by atoms with Crippen molar-refractivity contribution >= 4 is 27.7 Å². The van der Waals surface area contributed by atoms with E-state index in [9.17, 15) is 22.6 Å². The minimum absolute atomic E-state index is 0.0102. The molecule has 0 unspecified atom stereocenters. The molecule has 0 bridgehead atoms. The highest BCUT2D eigenvalue weighted by Gasteiger charge is 2.34. The van der Waals surface area contributed by atoms with Crippen LogP contribution in [0, 0.1) is 0 Å². The van der Waals surface area contributed by atoms with Gasteiger partial charge < -0.3 is 30.5 Å². The van der Waals surface area contributed by atoms with Crippen LogP contribution >= 0.6 is 0 Å². The first-order chi connectivity index (χ1) is 13.7. The predicted molar refractivity (Wildman–Crippen MR) is 101 cm³/mol. The summed E-state index contributed by atoms with van der Waals surface area (Å²) in [6.45, 7) is -0.183. The third-order valence-corrected chi connectivity index (χ3v) is 5.11. The van der Waals surface area contributed by atoms with Crippen molar-refractivity contribution in [1.82, 2.24) is 10.2 Å². The van der Waals surface area contributed by atoms with Gasteiger partial charge in [0.05, 0.1) is 32.4 Å². The van der Waals surface area contributed by atoms with E-state index in [1.54, 1.807) is 0 Å². The molecular weight excluding hydrogens is 406 g/mol. The Balaban J connectivity index is 2.38. The van der Waals surface area contributed by atoms with Gasteiger partial charge in [0, 0.05) is 25.3 Å². The number of β-amino-alcohol motifs (C(OH)–C–C–N with tert-alkyl or cyclic N) is 1. The Morgan fingerprint density at radius 2 is 2.00 bits per heavy atom. The lowest BCUT2D eigenvalue weighted by Gasteiger charge is -2.15. The van der Waals surface area contributed by atoms with Crippen molar-refractivity contribution in [2.45, 2.75) is 11.4 Å². The highest BCUT2D eigenvalue weighted by molar-refractivity contribution is 7.85. The summed E-state index contributed by atoms with van der Waals surface area (Å²) in [5.41, 5.74) is 0.346. The van der Waals surface area contributed by atoms with Crippen LogP contribution < -0.4 is 10.6 Å². The van der Waals surface area contributed by atoms with Crippen LogP contribution in [-0.4, -0.2) is 79.9 Å². The van der Waals surface area contributed by atoms with Gasteiger partial charge in [-0.25, -0.2) is 4.79 Å². The van der Waals surface area contributed by atoms with Gasteiger partial charge in [0.2, 0.25) is 0 Å². The summed E-state index contributed by atoms with van der Waals surface area (Å²) in [7, 11) is -3.41. The maximum Gasteiger partial charge on any atom is 0.337 e. The fourth-order valence-corrected chi connectivity index (χ4v) is 3.56.